The van der Waals surface area contributed by atoms with Gasteiger partial charge < -0.3 is 10.1 Å². The van der Waals surface area contributed by atoms with Crippen LogP contribution in [0.15, 0.2) is 54.7 Å². The molecular weight excluding hydrogens is 390 g/mol. The Labute approximate surface area is 179 Å². The van der Waals surface area contributed by atoms with Gasteiger partial charge in [-0.05, 0) is 55.7 Å². The molecular formula is C24H21N5O2. The number of hydrogen-bond donors (Lipinski definition) is 1. The van der Waals surface area contributed by atoms with Gasteiger partial charge in [0.25, 0.3) is 5.91 Å². The van der Waals surface area contributed by atoms with Crippen molar-refractivity contribution in [2.75, 3.05) is 11.9 Å². The molecule has 0 aliphatic heterocycles. The second-order valence-electron chi connectivity index (χ2n) is 7.28. The Balaban J connectivity index is 1.61. The Bertz CT molecular complexity index is 1330. The van der Waals surface area contributed by atoms with Gasteiger partial charge in [-0.15, -0.1) is 0 Å². The summed E-state index contributed by atoms with van der Waals surface area (Å²) < 4.78 is 7.15. The third kappa shape index (κ3) is 3.96. The number of hydrogen-bond acceptors (Lipinski definition) is 5. The number of carbonyl (C=O) groups is 1. The van der Waals surface area contributed by atoms with E-state index in [4.69, 9.17) is 4.74 Å². The molecule has 7 nitrogen and oxygen atoms in total. The number of aryl methyl sites for hydroxylation is 2. The molecule has 2 aromatic heterocycles. The Morgan fingerprint density at radius 3 is 2.74 bits per heavy atom. The van der Waals surface area contributed by atoms with Crippen LogP contribution >= 0.6 is 0 Å². The number of carbonyl (C=O) groups excluding carboxylic acids is 1. The van der Waals surface area contributed by atoms with Crippen LogP contribution in [0.4, 0.5) is 5.82 Å². The lowest BCUT2D eigenvalue weighted by Gasteiger charge is -2.13. The highest BCUT2D eigenvalue weighted by Gasteiger charge is 2.17. The van der Waals surface area contributed by atoms with E-state index in [0.29, 0.717) is 11.6 Å². The number of nitriles is 1. The molecule has 2 aromatic carbocycles. The van der Waals surface area contributed by atoms with Gasteiger partial charge in [0.1, 0.15) is 17.4 Å². The molecule has 0 radical (unpaired) electrons. The molecule has 0 bridgehead atoms. The highest BCUT2D eigenvalue weighted by Crippen LogP contribution is 2.24. The van der Waals surface area contributed by atoms with E-state index in [0.717, 1.165) is 27.6 Å². The third-order valence-corrected chi connectivity index (χ3v) is 5.19. The molecule has 0 aliphatic carbocycles. The zero-order chi connectivity index (χ0) is 22.0. The summed E-state index contributed by atoms with van der Waals surface area (Å²) in [5.74, 6) is 1.04. The van der Waals surface area contributed by atoms with Gasteiger partial charge in [-0.2, -0.15) is 15.0 Å². The maximum Gasteiger partial charge on any atom is 0.263 e. The summed E-state index contributed by atoms with van der Waals surface area (Å²) in [4.78, 5) is 17.2. The predicted molar refractivity (Wildman–Crippen MR) is 118 cm³/mol. The lowest BCUT2D eigenvalue weighted by molar-refractivity contribution is -0.118. The van der Waals surface area contributed by atoms with Crippen molar-refractivity contribution in [1.82, 2.24) is 14.8 Å². The minimum atomic E-state index is -0.392. The normalized spacial score (nSPS) is 10.6. The van der Waals surface area contributed by atoms with Crippen molar-refractivity contribution in [3.63, 3.8) is 0 Å². The first-order valence-electron chi connectivity index (χ1n) is 9.81. The van der Waals surface area contributed by atoms with Gasteiger partial charge in [-0.3, -0.25) is 4.79 Å². The van der Waals surface area contributed by atoms with Crippen LogP contribution < -0.4 is 10.1 Å². The summed E-state index contributed by atoms with van der Waals surface area (Å²) >= 11 is 0. The molecule has 0 fully saturated rings. The maximum atomic E-state index is 12.6. The van der Waals surface area contributed by atoms with Crippen molar-refractivity contribution >= 4 is 22.6 Å². The van der Waals surface area contributed by atoms with E-state index in [-0.39, 0.29) is 18.0 Å². The summed E-state index contributed by atoms with van der Waals surface area (Å²) in [6.07, 6.45) is 1.41. The Hall–Kier alpha value is -4.18. The summed E-state index contributed by atoms with van der Waals surface area (Å²) in [7, 11) is 0. The monoisotopic (exact) mass is 411 g/mol. The van der Waals surface area contributed by atoms with Gasteiger partial charge in [-0.1, -0.05) is 30.3 Å². The van der Waals surface area contributed by atoms with Gasteiger partial charge in [-0.25, -0.2) is 4.98 Å². The molecule has 1 amide bonds. The van der Waals surface area contributed by atoms with Crippen molar-refractivity contribution in [1.29, 1.82) is 5.26 Å². The number of amides is 1. The second kappa shape index (κ2) is 8.28. The smallest absolute Gasteiger partial charge is 0.263 e. The molecule has 0 aliphatic rings. The number of fused-ring (bicyclic) bond motifs is 1. The van der Waals surface area contributed by atoms with Crippen LogP contribution in [0.1, 0.15) is 22.3 Å². The zero-order valence-electron chi connectivity index (χ0n) is 17.5. The number of rotatable bonds is 5. The average molecular weight is 411 g/mol. The number of anilines is 1. The van der Waals surface area contributed by atoms with Crippen LogP contribution in [0.2, 0.25) is 0 Å². The molecule has 2 heterocycles. The molecule has 4 aromatic rings. The molecule has 0 saturated carbocycles. The first-order valence-corrected chi connectivity index (χ1v) is 9.81. The first kappa shape index (κ1) is 20.1. The summed E-state index contributed by atoms with van der Waals surface area (Å²) in [6.45, 7) is 5.72. The average Bonchev–Trinajstić information content (AvgIpc) is 3.17. The van der Waals surface area contributed by atoms with Crippen LogP contribution in [-0.2, 0) is 4.79 Å². The standard InChI is InChI=1S/C24H21N5O2/c1-15-7-6-10-21(17(15)3)31-14-23(30)28-24-18(12-25)13-26-29(24)22-11-16(2)19-8-4-5-9-20(19)27-22/h4-11,13H,14H2,1-3H3,(H,28,30). The molecule has 0 atom stereocenters. The minimum Gasteiger partial charge on any atom is -0.483 e. The molecule has 0 unspecified atom stereocenters. The Kier molecular flexibility index (Phi) is 5.37. The van der Waals surface area contributed by atoms with Crippen LogP contribution in [0.5, 0.6) is 5.75 Å². The van der Waals surface area contributed by atoms with E-state index in [1.54, 1.807) is 0 Å². The summed E-state index contributed by atoms with van der Waals surface area (Å²) in [6, 6.07) is 17.4. The van der Waals surface area contributed by atoms with E-state index in [1.807, 2.05) is 69.3 Å². The SMILES string of the molecule is Cc1cccc(OCC(=O)Nc2c(C#N)cnn2-c2cc(C)c3ccccc3n2)c1C. The van der Waals surface area contributed by atoms with Gasteiger partial charge >= 0.3 is 0 Å². The molecule has 1 N–H and O–H groups in total. The van der Waals surface area contributed by atoms with Crippen molar-refractivity contribution in [2.24, 2.45) is 0 Å². The van der Waals surface area contributed by atoms with Crippen LogP contribution in [0.25, 0.3) is 16.7 Å². The predicted octanol–water partition coefficient (Wildman–Crippen LogP) is 4.23. The maximum absolute atomic E-state index is 12.6. The molecule has 0 spiro atoms. The van der Waals surface area contributed by atoms with Crippen LogP contribution in [0, 0.1) is 32.1 Å². The minimum absolute atomic E-state index is 0.190. The topological polar surface area (TPSA) is 92.8 Å². The van der Waals surface area contributed by atoms with Crippen molar-refractivity contribution in [3.05, 3.63) is 77.0 Å². The molecule has 4 rings (SSSR count). The van der Waals surface area contributed by atoms with Gasteiger partial charge in [0.05, 0.1) is 11.7 Å². The van der Waals surface area contributed by atoms with Gasteiger partial charge in [0.15, 0.2) is 18.2 Å². The third-order valence-electron chi connectivity index (χ3n) is 5.19. The number of para-hydroxylation sites is 1. The highest BCUT2D eigenvalue weighted by atomic mass is 16.5. The van der Waals surface area contributed by atoms with Crippen LogP contribution in [-0.4, -0.2) is 27.3 Å². The molecule has 154 valence electrons. The fourth-order valence-corrected chi connectivity index (χ4v) is 3.36. The van der Waals surface area contributed by atoms with Gasteiger partial charge in [0, 0.05) is 5.39 Å². The van der Waals surface area contributed by atoms with E-state index in [2.05, 4.69) is 21.5 Å². The molecule has 31 heavy (non-hydrogen) atoms. The number of nitrogens with one attached hydrogen (secondary N) is 1. The fraction of sp³-hybridized carbons (Fsp3) is 0.167. The van der Waals surface area contributed by atoms with Crippen molar-refractivity contribution in [2.45, 2.75) is 20.8 Å². The Morgan fingerprint density at radius 2 is 1.94 bits per heavy atom. The highest BCUT2D eigenvalue weighted by molar-refractivity contribution is 5.92. The number of nitrogens with zero attached hydrogens (tertiary/aromatic N) is 4. The zero-order valence-corrected chi connectivity index (χ0v) is 17.5. The number of pyridine rings is 1. The quantitative estimate of drug-likeness (QED) is 0.530. The fourth-order valence-electron chi connectivity index (χ4n) is 3.36. The summed E-state index contributed by atoms with van der Waals surface area (Å²) in [5, 5.41) is 17.6. The lowest BCUT2D eigenvalue weighted by Crippen LogP contribution is -2.23. The second-order valence-corrected chi connectivity index (χ2v) is 7.28. The molecule has 0 saturated heterocycles. The van der Waals surface area contributed by atoms with E-state index < -0.39 is 5.91 Å². The van der Waals surface area contributed by atoms with E-state index in [9.17, 15) is 10.1 Å². The number of benzene rings is 2. The lowest BCUT2D eigenvalue weighted by atomic mass is 10.1. The van der Waals surface area contributed by atoms with Crippen molar-refractivity contribution in [3.8, 4) is 17.6 Å². The van der Waals surface area contributed by atoms with E-state index >= 15 is 0 Å². The first-order chi connectivity index (χ1) is 15.0. The van der Waals surface area contributed by atoms with Gasteiger partial charge in [0.2, 0.25) is 0 Å². The largest absolute Gasteiger partial charge is 0.483 e. The van der Waals surface area contributed by atoms with E-state index in [1.165, 1.54) is 10.9 Å². The Morgan fingerprint density at radius 1 is 1.13 bits per heavy atom. The summed E-state index contributed by atoms with van der Waals surface area (Å²) in [5.41, 5.74) is 4.13. The number of aromatic nitrogens is 3. The van der Waals surface area contributed by atoms with Crippen LogP contribution in [0.3, 0.4) is 0 Å². The number of ether oxygens (including phenoxy) is 1. The van der Waals surface area contributed by atoms with Crippen molar-refractivity contribution < 1.29 is 9.53 Å². The molecule has 7 heteroatoms.